The second-order valence-electron chi connectivity index (χ2n) is 3.98. The van der Waals surface area contributed by atoms with Crippen molar-refractivity contribution in [3.8, 4) is 5.69 Å². The number of aromatic nitrogens is 4. The zero-order valence-electron chi connectivity index (χ0n) is 10.3. The maximum Gasteiger partial charge on any atom is 0.374 e. The molecule has 0 atom stereocenters. The molecule has 1 aromatic carbocycles. The molecule has 96 valence electrons. The van der Waals surface area contributed by atoms with Gasteiger partial charge in [-0.15, -0.1) is 0 Å². The second-order valence-corrected chi connectivity index (χ2v) is 3.98. The zero-order valence-corrected chi connectivity index (χ0v) is 10.3. The van der Waals surface area contributed by atoms with Gasteiger partial charge in [-0.2, -0.15) is 5.10 Å². The van der Waals surface area contributed by atoms with Gasteiger partial charge in [0.25, 0.3) is 0 Å². The quantitative estimate of drug-likeness (QED) is 0.727. The van der Waals surface area contributed by atoms with Crippen molar-refractivity contribution in [3.63, 3.8) is 0 Å². The molecule has 0 aliphatic carbocycles. The molecular weight excluding hydrogens is 244 g/mol. The lowest BCUT2D eigenvalue weighted by atomic mass is 10.2. The molecule has 0 spiro atoms. The van der Waals surface area contributed by atoms with Crippen molar-refractivity contribution in [1.82, 2.24) is 19.7 Å². The largest absolute Gasteiger partial charge is 0.460 e. The Labute approximate surface area is 109 Å². The molecule has 2 heterocycles. The van der Waals surface area contributed by atoms with Gasteiger partial charge < -0.3 is 4.74 Å². The van der Waals surface area contributed by atoms with E-state index in [0.29, 0.717) is 6.61 Å². The number of imidazole rings is 1. The summed E-state index contributed by atoms with van der Waals surface area (Å²) >= 11 is 0. The number of nitrogens with one attached hydrogen (secondary N) is 1. The van der Waals surface area contributed by atoms with E-state index in [-0.39, 0.29) is 5.82 Å². The normalized spacial score (nSPS) is 10.8. The summed E-state index contributed by atoms with van der Waals surface area (Å²) in [5.74, 6) is -0.169. The third-order valence-electron chi connectivity index (χ3n) is 2.80. The summed E-state index contributed by atoms with van der Waals surface area (Å²) < 4.78 is 6.67. The van der Waals surface area contributed by atoms with Crippen LogP contribution in [0.2, 0.25) is 0 Å². The number of carbonyl (C=O) groups excluding carboxylic acids is 1. The summed E-state index contributed by atoms with van der Waals surface area (Å²) in [5.41, 5.74) is 1.73. The molecule has 2 aromatic heterocycles. The molecule has 3 aromatic rings. The third-order valence-corrected chi connectivity index (χ3v) is 2.80. The van der Waals surface area contributed by atoms with Crippen LogP contribution in [0.15, 0.2) is 36.8 Å². The lowest BCUT2D eigenvalue weighted by Crippen LogP contribution is -2.12. The standard InChI is InChI=1S/C13H12N4O2/c1-2-19-13(18)12-14-5-6-17(12)10-4-3-9-8-15-16-11(9)7-10/h3-8H,2H2,1H3,(H,15,16). The number of rotatable bonds is 3. The van der Waals surface area contributed by atoms with Gasteiger partial charge in [-0.05, 0) is 25.1 Å². The van der Waals surface area contributed by atoms with Crippen molar-refractivity contribution < 1.29 is 9.53 Å². The second kappa shape index (κ2) is 4.56. The molecule has 19 heavy (non-hydrogen) atoms. The smallest absolute Gasteiger partial charge is 0.374 e. The first-order valence-corrected chi connectivity index (χ1v) is 5.93. The molecule has 6 nitrogen and oxygen atoms in total. The molecular formula is C13H12N4O2. The Bertz CT molecular complexity index is 729. The number of carbonyl (C=O) groups is 1. The maximum absolute atomic E-state index is 11.8. The molecule has 0 unspecified atom stereocenters. The predicted octanol–water partition coefficient (Wildman–Crippen LogP) is 1.93. The van der Waals surface area contributed by atoms with Gasteiger partial charge in [-0.3, -0.25) is 9.67 Å². The Morgan fingerprint density at radius 1 is 1.47 bits per heavy atom. The SMILES string of the molecule is CCOC(=O)c1nccn1-c1ccc2cn[nH]c2c1. The summed E-state index contributed by atoms with van der Waals surface area (Å²) in [5, 5.41) is 7.88. The number of aromatic amines is 1. The van der Waals surface area contributed by atoms with Gasteiger partial charge in [0.2, 0.25) is 5.82 Å². The van der Waals surface area contributed by atoms with E-state index in [0.717, 1.165) is 16.6 Å². The van der Waals surface area contributed by atoms with E-state index in [1.54, 1.807) is 30.1 Å². The predicted molar refractivity (Wildman–Crippen MR) is 69.2 cm³/mol. The van der Waals surface area contributed by atoms with Crippen molar-refractivity contribution in [2.75, 3.05) is 6.61 Å². The average Bonchev–Trinajstić information content (AvgIpc) is 3.07. The number of fused-ring (bicyclic) bond motifs is 1. The van der Waals surface area contributed by atoms with Gasteiger partial charge in [0.05, 0.1) is 18.3 Å². The maximum atomic E-state index is 11.8. The molecule has 0 aliphatic heterocycles. The Balaban J connectivity index is 2.06. The van der Waals surface area contributed by atoms with Crippen LogP contribution in [-0.2, 0) is 4.74 Å². The minimum atomic E-state index is -0.433. The lowest BCUT2D eigenvalue weighted by molar-refractivity contribution is 0.0510. The summed E-state index contributed by atoms with van der Waals surface area (Å²) in [7, 11) is 0. The zero-order chi connectivity index (χ0) is 13.2. The minimum absolute atomic E-state index is 0.265. The number of H-pyrrole nitrogens is 1. The van der Waals surface area contributed by atoms with Gasteiger partial charge in [-0.25, -0.2) is 9.78 Å². The number of hydrogen-bond acceptors (Lipinski definition) is 4. The van der Waals surface area contributed by atoms with Crippen LogP contribution < -0.4 is 0 Å². The van der Waals surface area contributed by atoms with Crippen molar-refractivity contribution in [2.24, 2.45) is 0 Å². The van der Waals surface area contributed by atoms with Crippen LogP contribution in [0, 0.1) is 0 Å². The van der Waals surface area contributed by atoms with Crippen LogP contribution in [0.5, 0.6) is 0 Å². The topological polar surface area (TPSA) is 72.8 Å². The molecule has 3 rings (SSSR count). The highest BCUT2D eigenvalue weighted by Crippen LogP contribution is 2.17. The number of ether oxygens (including phenoxy) is 1. The summed E-state index contributed by atoms with van der Waals surface area (Å²) in [6.07, 6.45) is 5.05. The molecule has 0 amide bonds. The van der Waals surface area contributed by atoms with Gasteiger partial charge in [0.15, 0.2) is 0 Å². The van der Waals surface area contributed by atoms with Gasteiger partial charge in [0.1, 0.15) is 0 Å². The van der Waals surface area contributed by atoms with E-state index in [9.17, 15) is 4.79 Å². The lowest BCUT2D eigenvalue weighted by Gasteiger charge is -2.07. The van der Waals surface area contributed by atoms with Crippen LogP contribution >= 0.6 is 0 Å². The van der Waals surface area contributed by atoms with E-state index >= 15 is 0 Å². The molecule has 1 N–H and O–H groups in total. The highest BCUT2D eigenvalue weighted by molar-refractivity contribution is 5.87. The fraction of sp³-hybridized carbons (Fsp3) is 0.154. The summed E-state index contributed by atoms with van der Waals surface area (Å²) in [6.45, 7) is 2.09. The number of esters is 1. The Kier molecular flexibility index (Phi) is 2.75. The molecule has 6 heteroatoms. The van der Waals surface area contributed by atoms with E-state index in [1.165, 1.54) is 0 Å². The van der Waals surface area contributed by atoms with Crippen molar-refractivity contribution in [3.05, 3.63) is 42.6 Å². The molecule has 0 radical (unpaired) electrons. The van der Waals surface area contributed by atoms with E-state index < -0.39 is 5.97 Å². The molecule has 0 fully saturated rings. The van der Waals surface area contributed by atoms with E-state index in [4.69, 9.17) is 4.74 Å². The van der Waals surface area contributed by atoms with E-state index in [1.807, 2.05) is 18.2 Å². The fourth-order valence-corrected chi connectivity index (χ4v) is 1.93. The Hall–Kier alpha value is -2.63. The Morgan fingerprint density at radius 3 is 3.21 bits per heavy atom. The first-order valence-electron chi connectivity index (χ1n) is 5.93. The minimum Gasteiger partial charge on any atom is -0.460 e. The van der Waals surface area contributed by atoms with Gasteiger partial charge in [0, 0.05) is 23.5 Å². The van der Waals surface area contributed by atoms with Crippen molar-refractivity contribution in [2.45, 2.75) is 6.92 Å². The molecule has 0 aliphatic rings. The molecule has 0 saturated carbocycles. The van der Waals surface area contributed by atoms with Gasteiger partial charge >= 0.3 is 5.97 Å². The fourth-order valence-electron chi connectivity index (χ4n) is 1.93. The van der Waals surface area contributed by atoms with Gasteiger partial charge in [-0.1, -0.05) is 0 Å². The highest BCUT2D eigenvalue weighted by atomic mass is 16.5. The number of nitrogens with zero attached hydrogens (tertiary/aromatic N) is 3. The number of benzene rings is 1. The first-order chi connectivity index (χ1) is 9.29. The number of hydrogen-bond donors (Lipinski definition) is 1. The highest BCUT2D eigenvalue weighted by Gasteiger charge is 2.15. The monoisotopic (exact) mass is 256 g/mol. The summed E-state index contributed by atoms with van der Waals surface area (Å²) in [4.78, 5) is 15.8. The van der Waals surface area contributed by atoms with Crippen LogP contribution in [-0.4, -0.2) is 32.3 Å². The third kappa shape index (κ3) is 1.97. The van der Waals surface area contributed by atoms with E-state index in [2.05, 4.69) is 15.2 Å². The van der Waals surface area contributed by atoms with Crippen LogP contribution in [0.1, 0.15) is 17.5 Å². The van der Waals surface area contributed by atoms with Crippen molar-refractivity contribution >= 4 is 16.9 Å². The average molecular weight is 256 g/mol. The van der Waals surface area contributed by atoms with Crippen LogP contribution in [0.4, 0.5) is 0 Å². The first kappa shape index (κ1) is 11.5. The molecule has 0 saturated heterocycles. The van der Waals surface area contributed by atoms with Crippen LogP contribution in [0.3, 0.4) is 0 Å². The summed E-state index contributed by atoms with van der Waals surface area (Å²) in [6, 6.07) is 5.75. The molecule has 0 bridgehead atoms. The van der Waals surface area contributed by atoms with Crippen LogP contribution in [0.25, 0.3) is 16.6 Å². The Morgan fingerprint density at radius 2 is 2.37 bits per heavy atom. The van der Waals surface area contributed by atoms with Crippen molar-refractivity contribution in [1.29, 1.82) is 0 Å².